The summed E-state index contributed by atoms with van der Waals surface area (Å²) in [6.45, 7) is 4.11. The quantitative estimate of drug-likeness (QED) is 0.871. The lowest BCUT2D eigenvalue weighted by atomic mass is 10.1. The van der Waals surface area contributed by atoms with E-state index in [0.717, 1.165) is 4.47 Å². The van der Waals surface area contributed by atoms with Crippen LogP contribution in [-0.4, -0.2) is 23.0 Å². The third-order valence-electron chi connectivity index (χ3n) is 1.92. The van der Waals surface area contributed by atoms with Gasteiger partial charge in [-0.05, 0) is 41.9 Å². The normalized spacial score (nSPS) is 11.2. The van der Waals surface area contributed by atoms with Gasteiger partial charge in [0.1, 0.15) is 5.69 Å². The number of halogens is 1. The van der Waals surface area contributed by atoms with Gasteiger partial charge in [0.05, 0.1) is 0 Å². The number of pyridine rings is 1. The van der Waals surface area contributed by atoms with Crippen molar-refractivity contribution in [2.45, 2.75) is 19.4 Å². The Labute approximate surface area is 97.4 Å². The highest BCUT2D eigenvalue weighted by atomic mass is 79.9. The van der Waals surface area contributed by atoms with Crippen molar-refractivity contribution in [2.24, 2.45) is 5.73 Å². The molecule has 0 bridgehead atoms. The zero-order valence-electron chi connectivity index (χ0n) is 8.75. The molecule has 1 aromatic rings. The number of nitrogens with zero attached hydrogens (tertiary/aromatic N) is 1. The van der Waals surface area contributed by atoms with Crippen molar-refractivity contribution < 1.29 is 4.79 Å². The molecular formula is C10H14BrN3O. The molecular weight excluding hydrogens is 258 g/mol. The fourth-order valence-corrected chi connectivity index (χ4v) is 1.17. The first-order chi connectivity index (χ1) is 6.94. The van der Waals surface area contributed by atoms with E-state index in [1.165, 1.54) is 0 Å². The van der Waals surface area contributed by atoms with Crippen molar-refractivity contribution in [1.82, 2.24) is 10.3 Å². The topological polar surface area (TPSA) is 68.0 Å². The van der Waals surface area contributed by atoms with E-state index < -0.39 is 5.54 Å². The number of hydrogen-bond donors (Lipinski definition) is 2. The van der Waals surface area contributed by atoms with Gasteiger partial charge in [0.25, 0.3) is 5.91 Å². The van der Waals surface area contributed by atoms with E-state index >= 15 is 0 Å². The van der Waals surface area contributed by atoms with Crippen LogP contribution in [0.15, 0.2) is 22.8 Å². The molecule has 3 N–H and O–H groups in total. The summed E-state index contributed by atoms with van der Waals surface area (Å²) in [5.74, 6) is -0.210. The Morgan fingerprint density at radius 2 is 2.27 bits per heavy atom. The summed E-state index contributed by atoms with van der Waals surface area (Å²) < 4.78 is 0.845. The number of carbonyl (C=O) groups is 1. The van der Waals surface area contributed by atoms with E-state index in [9.17, 15) is 4.79 Å². The van der Waals surface area contributed by atoms with E-state index in [1.807, 2.05) is 13.8 Å². The minimum absolute atomic E-state index is 0.210. The summed E-state index contributed by atoms with van der Waals surface area (Å²) in [6, 6.07) is 3.43. The molecule has 0 saturated heterocycles. The lowest BCUT2D eigenvalue weighted by molar-refractivity contribution is 0.0910. The molecule has 0 saturated carbocycles. The Kier molecular flexibility index (Phi) is 3.82. The van der Waals surface area contributed by atoms with Gasteiger partial charge in [0.2, 0.25) is 0 Å². The van der Waals surface area contributed by atoms with E-state index in [-0.39, 0.29) is 5.91 Å². The maximum absolute atomic E-state index is 11.7. The molecule has 5 heteroatoms. The highest BCUT2D eigenvalue weighted by Gasteiger charge is 2.19. The third kappa shape index (κ3) is 3.60. The average Bonchev–Trinajstić information content (AvgIpc) is 2.18. The SMILES string of the molecule is CC(C)(CN)NC(=O)c1ccc(Br)cn1. The number of carbonyl (C=O) groups excluding carboxylic acids is 1. The molecule has 0 aliphatic rings. The van der Waals surface area contributed by atoms with Gasteiger partial charge in [-0.15, -0.1) is 0 Å². The first-order valence-corrected chi connectivity index (χ1v) is 5.38. The number of amides is 1. The Morgan fingerprint density at radius 3 is 2.73 bits per heavy atom. The van der Waals surface area contributed by atoms with Crippen LogP contribution in [-0.2, 0) is 0 Å². The number of aromatic nitrogens is 1. The third-order valence-corrected chi connectivity index (χ3v) is 2.39. The van der Waals surface area contributed by atoms with E-state index in [1.54, 1.807) is 18.3 Å². The average molecular weight is 272 g/mol. The zero-order valence-corrected chi connectivity index (χ0v) is 10.3. The monoisotopic (exact) mass is 271 g/mol. The minimum atomic E-state index is -0.411. The van der Waals surface area contributed by atoms with Gasteiger partial charge in [-0.2, -0.15) is 0 Å². The summed E-state index contributed by atoms with van der Waals surface area (Å²) in [5.41, 5.74) is 5.49. The van der Waals surface area contributed by atoms with Crippen LogP contribution in [0.4, 0.5) is 0 Å². The van der Waals surface area contributed by atoms with Crippen LogP contribution < -0.4 is 11.1 Å². The summed E-state index contributed by atoms with van der Waals surface area (Å²) in [4.78, 5) is 15.7. The minimum Gasteiger partial charge on any atom is -0.345 e. The lowest BCUT2D eigenvalue weighted by Gasteiger charge is -2.23. The number of hydrogen-bond acceptors (Lipinski definition) is 3. The van der Waals surface area contributed by atoms with E-state index in [0.29, 0.717) is 12.2 Å². The van der Waals surface area contributed by atoms with Crippen molar-refractivity contribution in [2.75, 3.05) is 6.54 Å². The van der Waals surface area contributed by atoms with Gasteiger partial charge in [0, 0.05) is 22.8 Å². The molecule has 15 heavy (non-hydrogen) atoms. The second kappa shape index (κ2) is 4.72. The summed E-state index contributed by atoms with van der Waals surface area (Å²) >= 11 is 3.26. The van der Waals surface area contributed by atoms with Gasteiger partial charge < -0.3 is 11.1 Å². The lowest BCUT2D eigenvalue weighted by Crippen LogP contribution is -2.49. The second-order valence-electron chi connectivity index (χ2n) is 3.90. The first-order valence-electron chi connectivity index (χ1n) is 4.59. The van der Waals surface area contributed by atoms with E-state index in [4.69, 9.17) is 5.73 Å². The molecule has 0 unspecified atom stereocenters. The van der Waals surface area contributed by atoms with E-state index in [2.05, 4.69) is 26.2 Å². The molecule has 1 aromatic heterocycles. The Bertz CT molecular complexity index is 348. The Morgan fingerprint density at radius 1 is 1.60 bits per heavy atom. The fourth-order valence-electron chi connectivity index (χ4n) is 0.933. The van der Waals surface area contributed by atoms with Crippen LogP contribution in [0.1, 0.15) is 24.3 Å². The van der Waals surface area contributed by atoms with Crippen LogP contribution in [0.25, 0.3) is 0 Å². The van der Waals surface area contributed by atoms with Gasteiger partial charge in [-0.1, -0.05) is 0 Å². The molecule has 1 heterocycles. The number of nitrogens with two attached hydrogens (primary N) is 1. The van der Waals surface area contributed by atoms with Gasteiger partial charge in [-0.25, -0.2) is 4.98 Å². The summed E-state index contributed by atoms with van der Waals surface area (Å²) in [6.07, 6.45) is 1.59. The first kappa shape index (κ1) is 12.1. The Hall–Kier alpha value is -0.940. The molecule has 1 amide bonds. The molecule has 0 aromatic carbocycles. The van der Waals surface area contributed by atoms with Crippen LogP contribution in [0, 0.1) is 0 Å². The van der Waals surface area contributed by atoms with Crippen molar-refractivity contribution in [3.05, 3.63) is 28.5 Å². The van der Waals surface area contributed by atoms with Crippen molar-refractivity contribution in [3.63, 3.8) is 0 Å². The molecule has 0 radical (unpaired) electrons. The van der Waals surface area contributed by atoms with Crippen LogP contribution in [0.5, 0.6) is 0 Å². The van der Waals surface area contributed by atoms with Gasteiger partial charge >= 0.3 is 0 Å². The summed E-state index contributed by atoms with van der Waals surface area (Å²) in [5, 5.41) is 2.80. The van der Waals surface area contributed by atoms with Crippen molar-refractivity contribution in [1.29, 1.82) is 0 Å². The molecule has 4 nitrogen and oxygen atoms in total. The highest BCUT2D eigenvalue weighted by Crippen LogP contribution is 2.08. The maximum atomic E-state index is 11.7. The predicted octanol–water partition coefficient (Wildman–Crippen LogP) is 1.31. The number of nitrogens with one attached hydrogen (secondary N) is 1. The number of rotatable bonds is 3. The smallest absolute Gasteiger partial charge is 0.270 e. The van der Waals surface area contributed by atoms with Crippen molar-refractivity contribution >= 4 is 21.8 Å². The molecule has 0 fully saturated rings. The molecule has 0 atom stereocenters. The molecule has 0 spiro atoms. The van der Waals surface area contributed by atoms with Crippen LogP contribution >= 0.6 is 15.9 Å². The maximum Gasteiger partial charge on any atom is 0.270 e. The van der Waals surface area contributed by atoms with Gasteiger partial charge in [-0.3, -0.25) is 4.79 Å². The predicted molar refractivity (Wildman–Crippen MR) is 62.5 cm³/mol. The summed E-state index contributed by atoms with van der Waals surface area (Å²) in [7, 11) is 0. The standard InChI is InChI=1S/C10H14BrN3O/c1-10(2,6-12)14-9(15)8-4-3-7(11)5-13-8/h3-5H,6,12H2,1-2H3,(H,14,15). The highest BCUT2D eigenvalue weighted by molar-refractivity contribution is 9.10. The van der Waals surface area contributed by atoms with Crippen LogP contribution in [0.2, 0.25) is 0 Å². The fraction of sp³-hybridized carbons (Fsp3) is 0.400. The molecule has 82 valence electrons. The largest absolute Gasteiger partial charge is 0.345 e. The molecule has 0 aliphatic heterocycles. The van der Waals surface area contributed by atoms with Crippen molar-refractivity contribution in [3.8, 4) is 0 Å². The van der Waals surface area contributed by atoms with Gasteiger partial charge in [0.15, 0.2) is 0 Å². The van der Waals surface area contributed by atoms with Crippen LogP contribution in [0.3, 0.4) is 0 Å². The molecule has 1 rings (SSSR count). The Balaban J connectivity index is 2.74. The second-order valence-corrected chi connectivity index (χ2v) is 4.82. The zero-order chi connectivity index (χ0) is 11.5. The molecule has 0 aliphatic carbocycles.